The van der Waals surface area contributed by atoms with Crippen LogP contribution in [0.1, 0.15) is 35.6 Å². The number of H-pyrrole nitrogens is 2. The third-order valence-electron chi connectivity index (χ3n) is 10.8. The van der Waals surface area contributed by atoms with Crippen LogP contribution in [-0.4, -0.2) is 38.1 Å². The summed E-state index contributed by atoms with van der Waals surface area (Å²) in [6, 6.07) is 52.1. The summed E-state index contributed by atoms with van der Waals surface area (Å²) in [5, 5.41) is 0. The first-order valence-corrected chi connectivity index (χ1v) is 20.3. The van der Waals surface area contributed by atoms with E-state index in [1.165, 1.54) is 0 Å². The summed E-state index contributed by atoms with van der Waals surface area (Å²) in [6.07, 6.45) is 13.7. The van der Waals surface area contributed by atoms with Crippen LogP contribution in [-0.2, 0) is 0 Å². The number of benzene rings is 4. The molecule has 8 bridgehead atoms. The summed E-state index contributed by atoms with van der Waals surface area (Å²) in [6.45, 7) is 1.13. The van der Waals surface area contributed by atoms with Crippen LogP contribution in [0.15, 0.2) is 164 Å². The molecule has 0 amide bonds. The summed E-state index contributed by atoms with van der Waals surface area (Å²) >= 11 is 0. The van der Waals surface area contributed by atoms with Gasteiger partial charge in [-0.1, -0.05) is 109 Å². The Morgan fingerprint density at radius 1 is 0.400 bits per heavy atom. The number of para-hydroxylation sites is 1. The number of aromatic amines is 2. The van der Waals surface area contributed by atoms with Crippen LogP contribution in [0.4, 0.5) is 0 Å². The van der Waals surface area contributed by atoms with Gasteiger partial charge in [-0.25, -0.2) is 9.97 Å². The molecule has 0 radical (unpaired) electrons. The molecule has 0 saturated heterocycles. The Hall–Kier alpha value is -7.77. The molecule has 60 heavy (non-hydrogen) atoms. The predicted octanol–water partition coefficient (Wildman–Crippen LogP) is 13.0. The molecule has 290 valence electrons. The molecule has 0 fully saturated rings. The molecule has 0 saturated carbocycles. The second kappa shape index (κ2) is 16.6. The topological polar surface area (TPSA) is 88.7 Å². The quantitative estimate of drug-likeness (QED) is 0.128. The average molecular weight is 780 g/mol. The smallest absolute Gasteiger partial charge is 0.137 e. The second-order valence-electron chi connectivity index (χ2n) is 14.7. The number of hydrogen-bond donors (Lipinski definition) is 2. The van der Waals surface area contributed by atoms with Gasteiger partial charge in [-0.2, -0.15) is 0 Å². The fourth-order valence-corrected chi connectivity index (χ4v) is 8.02. The van der Waals surface area contributed by atoms with Crippen LogP contribution in [0.5, 0.6) is 11.5 Å². The second-order valence-corrected chi connectivity index (χ2v) is 14.7. The molecule has 2 aliphatic rings. The third kappa shape index (κ3) is 7.40. The number of hydrogen-bond acceptors (Lipinski definition) is 5. The lowest BCUT2D eigenvalue weighted by atomic mass is 10.0. The first kappa shape index (κ1) is 36.6. The van der Waals surface area contributed by atoms with E-state index in [1.54, 1.807) is 12.4 Å². The molecule has 2 aliphatic heterocycles. The lowest BCUT2D eigenvalue weighted by molar-refractivity contribution is 0.266. The minimum atomic E-state index is 0.538. The highest BCUT2D eigenvalue weighted by Crippen LogP contribution is 2.40. The van der Waals surface area contributed by atoms with E-state index in [1.807, 2.05) is 42.5 Å². The molecule has 8 aromatic rings. The summed E-state index contributed by atoms with van der Waals surface area (Å²) < 4.78 is 12.5. The van der Waals surface area contributed by atoms with Gasteiger partial charge in [0.15, 0.2) is 0 Å². The van der Waals surface area contributed by atoms with Gasteiger partial charge >= 0.3 is 0 Å². The Balaban J connectivity index is 1.20. The van der Waals surface area contributed by atoms with Gasteiger partial charge in [-0.05, 0) is 96.3 Å². The lowest BCUT2D eigenvalue weighted by Gasteiger charge is -2.13. The van der Waals surface area contributed by atoms with E-state index >= 15 is 0 Å². The minimum Gasteiger partial charge on any atom is -0.493 e. The van der Waals surface area contributed by atoms with E-state index in [9.17, 15) is 0 Å². The molecule has 0 atom stereocenters. The maximum atomic E-state index is 6.59. The highest BCUT2D eigenvalue weighted by Gasteiger charge is 2.20. The molecule has 0 spiro atoms. The standard InChI is InChI=1S/C53H41N5O2/c1-4-15-36(16-5-1)50-41-24-26-43(55-41)51(37-17-6-2-7-18-37)45-28-30-47(57-45)53(40-22-10-11-23-49(40)60-34-13-12-33-59-39-21-14-32-54-35-39)48-31-29-46(58-48)52(38-19-8-3-9-20-38)44-27-25-42(50)56-44/h1-11,14-32,35,55,58H,12-13,33-34H2. The van der Waals surface area contributed by atoms with Crippen LogP contribution in [0.25, 0.3) is 90.9 Å². The molecule has 0 aliphatic carbocycles. The van der Waals surface area contributed by atoms with Gasteiger partial charge < -0.3 is 19.4 Å². The molecule has 7 nitrogen and oxygen atoms in total. The Morgan fingerprint density at radius 2 is 0.833 bits per heavy atom. The van der Waals surface area contributed by atoms with Gasteiger partial charge in [-0.15, -0.1) is 0 Å². The molecule has 4 aromatic carbocycles. The number of nitrogens with one attached hydrogen (secondary N) is 2. The summed E-state index contributed by atoms with van der Waals surface area (Å²) in [7, 11) is 0. The van der Waals surface area contributed by atoms with Crippen molar-refractivity contribution in [2.24, 2.45) is 0 Å². The normalized spacial score (nSPS) is 11.8. The molecule has 10 rings (SSSR count). The van der Waals surface area contributed by atoms with Crippen molar-refractivity contribution >= 4 is 46.4 Å². The van der Waals surface area contributed by atoms with Crippen molar-refractivity contribution in [2.75, 3.05) is 13.2 Å². The van der Waals surface area contributed by atoms with Crippen molar-refractivity contribution in [1.29, 1.82) is 0 Å². The maximum absolute atomic E-state index is 6.59. The van der Waals surface area contributed by atoms with Crippen LogP contribution in [0.3, 0.4) is 0 Å². The largest absolute Gasteiger partial charge is 0.493 e. The number of nitrogens with zero attached hydrogens (tertiary/aromatic N) is 3. The third-order valence-corrected chi connectivity index (χ3v) is 10.8. The molecular weight excluding hydrogens is 739 g/mol. The van der Waals surface area contributed by atoms with Crippen LogP contribution < -0.4 is 9.47 Å². The van der Waals surface area contributed by atoms with Crippen molar-refractivity contribution < 1.29 is 9.47 Å². The molecule has 4 aromatic heterocycles. The minimum absolute atomic E-state index is 0.538. The molecule has 0 unspecified atom stereocenters. The zero-order chi connectivity index (χ0) is 40.1. The number of pyridine rings is 1. The fraction of sp³-hybridized carbons (Fsp3) is 0.0755. The zero-order valence-corrected chi connectivity index (χ0v) is 32.9. The van der Waals surface area contributed by atoms with Crippen molar-refractivity contribution in [3.8, 4) is 56.0 Å². The highest BCUT2D eigenvalue weighted by atomic mass is 16.5. The average Bonchev–Trinajstić information content (AvgIpc) is 4.15. The number of fused-ring (bicyclic) bond motifs is 8. The SMILES string of the molecule is C1=Cc2nc1c(-c1ccccc1)c1ccc([nH]1)c(-c1ccccc1)c1nc(c(-c3ccccc3OCCCCOc3cccnc3)c3ccc([nH]3)c2-c2ccccc2)C=C1. The number of rotatable bonds is 11. The van der Waals surface area contributed by atoms with Crippen molar-refractivity contribution in [2.45, 2.75) is 12.8 Å². The van der Waals surface area contributed by atoms with Crippen LogP contribution in [0.2, 0.25) is 0 Å². The summed E-state index contributed by atoms with van der Waals surface area (Å²) in [5.74, 6) is 1.56. The fourth-order valence-electron chi connectivity index (χ4n) is 8.02. The van der Waals surface area contributed by atoms with E-state index in [2.05, 4.69) is 148 Å². The maximum Gasteiger partial charge on any atom is 0.137 e. The van der Waals surface area contributed by atoms with Gasteiger partial charge in [0.2, 0.25) is 0 Å². The van der Waals surface area contributed by atoms with Crippen molar-refractivity contribution in [3.05, 3.63) is 187 Å². The molecule has 2 N–H and O–H groups in total. The van der Waals surface area contributed by atoms with Gasteiger partial charge in [0.1, 0.15) is 11.5 Å². The van der Waals surface area contributed by atoms with E-state index in [0.717, 1.165) is 114 Å². The van der Waals surface area contributed by atoms with E-state index < -0.39 is 0 Å². The zero-order valence-electron chi connectivity index (χ0n) is 32.9. The van der Waals surface area contributed by atoms with Gasteiger partial charge in [-0.3, -0.25) is 4.98 Å². The number of aromatic nitrogens is 5. The monoisotopic (exact) mass is 779 g/mol. The van der Waals surface area contributed by atoms with Crippen molar-refractivity contribution in [1.82, 2.24) is 24.9 Å². The van der Waals surface area contributed by atoms with Crippen LogP contribution >= 0.6 is 0 Å². The highest BCUT2D eigenvalue weighted by molar-refractivity contribution is 6.00. The summed E-state index contributed by atoms with van der Waals surface area (Å²) in [4.78, 5) is 22.7. The Morgan fingerprint density at radius 3 is 1.32 bits per heavy atom. The first-order chi connectivity index (χ1) is 29.8. The van der Waals surface area contributed by atoms with E-state index in [0.29, 0.717) is 13.2 Å². The van der Waals surface area contributed by atoms with E-state index in [4.69, 9.17) is 19.4 Å². The summed E-state index contributed by atoms with van der Waals surface area (Å²) in [5.41, 5.74) is 15.4. The Labute approximate surface area is 348 Å². The Kier molecular flexibility index (Phi) is 10.1. The Bertz CT molecular complexity index is 2990. The lowest BCUT2D eigenvalue weighted by Crippen LogP contribution is -2.03. The van der Waals surface area contributed by atoms with Crippen LogP contribution in [0, 0.1) is 0 Å². The number of unbranched alkanes of at least 4 members (excludes halogenated alkanes) is 1. The van der Waals surface area contributed by atoms with E-state index in [-0.39, 0.29) is 0 Å². The molecule has 6 heterocycles. The number of ether oxygens (including phenoxy) is 2. The predicted molar refractivity (Wildman–Crippen MR) is 245 cm³/mol. The molecule has 7 heteroatoms. The van der Waals surface area contributed by atoms with Gasteiger partial charge in [0.25, 0.3) is 0 Å². The van der Waals surface area contributed by atoms with Gasteiger partial charge in [0.05, 0.1) is 42.2 Å². The van der Waals surface area contributed by atoms with Crippen molar-refractivity contribution in [3.63, 3.8) is 0 Å². The van der Waals surface area contributed by atoms with Gasteiger partial charge in [0, 0.05) is 56.1 Å². The first-order valence-electron chi connectivity index (χ1n) is 20.3. The molecular formula is C53H41N5O2.